The van der Waals surface area contributed by atoms with Crippen LogP contribution in [0.5, 0.6) is 17.2 Å². The fourth-order valence-electron chi connectivity index (χ4n) is 4.55. The van der Waals surface area contributed by atoms with E-state index in [0.29, 0.717) is 39.3 Å². The highest BCUT2D eigenvalue weighted by molar-refractivity contribution is 5.89. The molecule has 1 fully saturated rings. The standard InChI is InChI=1S/C27H35N3O7/c1-2-3-14-35-21-7-4-19(5-8-21)15-22(25(31)26(32)28-34)27(33)30-12-10-29(11-13-30)17-20-6-9-23-24(16-20)37-18-36-23/h4-9,16,22,25,31,34H,2-3,10-15,17-18H2,1H3,(H,28,32)/t22-,25+/m1/s1. The van der Waals surface area contributed by atoms with Crippen LogP contribution >= 0.6 is 0 Å². The van der Waals surface area contributed by atoms with Crippen molar-refractivity contribution in [3.8, 4) is 17.2 Å². The predicted molar refractivity (Wildman–Crippen MR) is 134 cm³/mol. The van der Waals surface area contributed by atoms with Gasteiger partial charge in [0, 0.05) is 32.7 Å². The van der Waals surface area contributed by atoms with E-state index < -0.39 is 17.9 Å². The van der Waals surface area contributed by atoms with Gasteiger partial charge in [0.1, 0.15) is 11.9 Å². The molecule has 1 saturated heterocycles. The summed E-state index contributed by atoms with van der Waals surface area (Å²) in [5.41, 5.74) is 3.35. The summed E-state index contributed by atoms with van der Waals surface area (Å²) in [6.07, 6.45) is 0.481. The number of hydrogen-bond donors (Lipinski definition) is 3. The molecule has 2 aromatic carbocycles. The number of hydrogen-bond acceptors (Lipinski definition) is 8. The number of rotatable bonds is 11. The molecule has 0 saturated carbocycles. The topological polar surface area (TPSA) is 121 Å². The largest absolute Gasteiger partial charge is 0.494 e. The van der Waals surface area contributed by atoms with Gasteiger partial charge in [-0.2, -0.15) is 0 Å². The number of amides is 2. The van der Waals surface area contributed by atoms with Crippen LogP contribution in [0.25, 0.3) is 0 Å². The predicted octanol–water partition coefficient (Wildman–Crippen LogP) is 1.96. The Bertz CT molecular complexity index is 1050. The Kier molecular flexibility index (Phi) is 9.21. The molecule has 2 aromatic rings. The summed E-state index contributed by atoms with van der Waals surface area (Å²) >= 11 is 0. The molecule has 3 N–H and O–H groups in total. The summed E-state index contributed by atoms with van der Waals surface area (Å²) in [7, 11) is 0. The number of piperazine rings is 1. The van der Waals surface area contributed by atoms with Crippen LogP contribution in [-0.4, -0.2) is 77.6 Å². The number of nitrogens with one attached hydrogen (secondary N) is 1. The number of ether oxygens (including phenoxy) is 3. The van der Waals surface area contributed by atoms with Crippen molar-refractivity contribution in [2.24, 2.45) is 5.92 Å². The Labute approximate surface area is 216 Å². The molecule has 2 aliphatic heterocycles. The number of fused-ring (bicyclic) bond motifs is 1. The van der Waals surface area contributed by atoms with Gasteiger partial charge in [-0.1, -0.05) is 31.5 Å². The summed E-state index contributed by atoms with van der Waals surface area (Å²) < 4.78 is 16.5. The lowest BCUT2D eigenvalue weighted by Gasteiger charge is -2.37. The molecular formula is C27H35N3O7. The maximum Gasteiger partial charge on any atom is 0.272 e. The van der Waals surface area contributed by atoms with Gasteiger partial charge < -0.3 is 24.2 Å². The number of carbonyl (C=O) groups excluding carboxylic acids is 2. The molecule has 0 unspecified atom stereocenters. The van der Waals surface area contributed by atoms with E-state index in [1.54, 1.807) is 4.90 Å². The van der Waals surface area contributed by atoms with Crippen molar-refractivity contribution < 1.29 is 34.1 Å². The van der Waals surface area contributed by atoms with Gasteiger partial charge in [-0.3, -0.25) is 19.7 Å². The van der Waals surface area contributed by atoms with Crippen molar-refractivity contribution in [1.82, 2.24) is 15.3 Å². The molecule has 200 valence electrons. The van der Waals surface area contributed by atoms with Crippen molar-refractivity contribution >= 4 is 11.8 Å². The van der Waals surface area contributed by atoms with E-state index in [0.717, 1.165) is 41.2 Å². The number of aliphatic hydroxyl groups is 1. The highest BCUT2D eigenvalue weighted by Gasteiger charge is 2.36. The average Bonchev–Trinajstić information content (AvgIpc) is 3.40. The third kappa shape index (κ3) is 6.91. The summed E-state index contributed by atoms with van der Waals surface area (Å²) in [4.78, 5) is 29.4. The van der Waals surface area contributed by atoms with E-state index in [4.69, 9.17) is 19.4 Å². The summed E-state index contributed by atoms with van der Waals surface area (Å²) in [5, 5.41) is 19.6. The lowest BCUT2D eigenvalue weighted by Crippen LogP contribution is -2.53. The lowest BCUT2D eigenvalue weighted by atomic mass is 9.91. The average molecular weight is 514 g/mol. The van der Waals surface area contributed by atoms with Crippen LogP contribution in [0.15, 0.2) is 42.5 Å². The molecule has 0 aromatic heterocycles. The molecule has 2 heterocycles. The van der Waals surface area contributed by atoms with E-state index in [-0.39, 0.29) is 19.1 Å². The molecular weight excluding hydrogens is 478 g/mol. The fourth-order valence-corrected chi connectivity index (χ4v) is 4.55. The number of hydroxylamine groups is 1. The Balaban J connectivity index is 1.36. The molecule has 0 aliphatic carbocycles. The van der Waals surface area contributed by atoms with Gasteiger partial charge in [0.05, 0.1) is 12.5 Å². The lowest BCUT2D eigenvalue weighted by molar-refractivity contribution is -0.151. The zero-order valence-electron chi connectivity index (χ0n) is 21.1. The maximum atomic E-state index is 13.4. The molecule has 0 bridgehead atoms. The van der Waals surface area contributed by atoms with Gasteiger partial charge in [-0.25, -0.2) is 5.48 Å². The van der Waals surface area contributed by atoms with Crippen LogP contribution in [-0.2, 0) is 22.6 Å². The quantitative estimate of drug-likeness (QED) is 0.237. The minimum atomic E-state index is -1.68. The minimum Gasteiger partial charge on any atom is -0.494 e. The SMILES string of the molecule is CCCCOc1ccc(C[C@@H](C(=O)N2CCN(Cc3ccc4c(c3)OCO4)CC2)[C@H](O)C(=O)NO)cc1. The van der Waals surface area contributed by atoms with Crippen molar-refractivity contribution in [3.63, 3.8) is 0 Å². The summed E-state index contributed by atoms with van der Waals surface area (Å²) in [5.74, 6) is -0.131. The molecule has 10 nitrogen and oxygen atoms in total. The van der Waals surface area contributed by atoms with Gasteiger partial charge >= 0.3 is 0 Å². The first kappa shape index (κ1) is 26.7. The van der Waals surface area contributed by atoms with Crippen molar-refractivity contribution in [3.05, 3.63) is 53.6 Å². The Hall–Kier alpha value is -3.34. The molecule has 2 aliphatic rings. The summed E-state index contributed by atoms with van der Waals surface area (Å²) in [6.45, 7) is 5.92. The molecule has 37 heavy (non-hydrogen) atoms. The third-order valence-corrected chi connectivity index (χ3v) is 6.75. The van der Waals surface area contributed by atoms with Gasteiger partial charge in [0.15, 0.2) is 11.5 Å². The van der Waals surface area contributed by atoms with Crippen molar-refractivity contribution in [2.75, 3.05) is 39.6 Å². The Morgan fingerprint density at radius 1 is 1.03 bits per heavy atom. The molecule has 0 spiro atoms. The third-order valence-electron chi connectivity index (χ3n) is 6.75. The number of carbonyl (C=O) groups is 2. The molecule has 10 heteroatoms. The van der Waals surface area contributed by atoms with E-state index in [1.165, 1.54) is 5.48 Å². The van der Waals surface area contributed by atoms with Crippen LogP contribution in [0.3, 0.4) is 0 Å². The van der Waals surface area contributed by atoms with Crippen LogP contribution in [0.2, 0.25) is 0 Å². The maximum absolute atomic E-state index is 13.4. The van der Waals surface area contributed by atoms with Crippen LogP contribution in [0.1, 0.15) is 30.9 Å². The number of aliphatic hydroxyl groups excluding tert-OH is 1. The number of benzene rings is 2. The highest BCUT2D eigenvalue weighted by Crippen LogP contribution is 2.33. The van der Waals surface area contributed by atoms with Crippen molar-refractivity contribution in [2.45, 2.75) is 38.8 Å². The van der Waals surface area contributed by atoms with E-state index in [1.807, 2.05) is 42.5 Å². The van der Waals surface area contributed by atoms with Gasteiger partial charge in [-0.15, -0.1) is 0 Å². The smallest absolute Gasteiger partial charge is 0.272 e. The number of nitrogens with zero attached hydrogens (tertiary/aromatic N) is 2. The van der Waals surface area contributed by atoms with E-state index in [2.05, 4.69) is 11.8 Å². The monoisotopic (exact) mass is 513 g/mol. The fraction of sp³-hybridized carbons (Fsp3) is 0.481. The summed E-state index contributed by atoms with van der Waals surface area (Å²) in [6, 6.07) is 13.2. The highest BCUT2D eigenvalue weighted by atomic mass is 16.7. The second kappa shape index (κ2) is 12.8. The molecule has 2 amide bonds. The number of unbranched alkanes of at least 4 members (excludes halogenated alkanes) is 1. The first-order valence-electron chi connectivity index (χ1n) is 12.7. The second-order valence-corrected chi connectivity index (χ2v) is 9.37. The van der Waals surface area contributed by atoms with Gasteiger partial charge in [-0.05, 0) is 48.2 Å². The van der Waals surface area contributed by atoms with Crippen molar-refractivity contribution in [1.29, 1.82) is 0 Å². The molecule has 2 atom stereocenters. The second-order valence-electron chi connectivity index (χ2n) is 9.37. The Morgan fingerprint density at radius 2 is 1.73 bits per heavy atom. The first-order valence-corrected chi connectivity index (χ1v) is 12.7. The van der Waals surface area contributed by atoms with Crippen LogP contribution < -0.4 is 19.7 Å². The zero-order chi connectivity index (χ0) is 26.2. The van der Waals surface area contributed by atoms with E-state index >= 15 is 0 Å². The Morgan fingerprint density at radius 3 is 2.43 bits per heavy atom. The van der Waals surface area contributed by atoms with Gasteiger partial charge in [0.2, 0.25) is 12.7 Å². The van der Waals surface area contributed by atoms with Gasteiger partial charge in [0.25, 0.3) is 5.91 Å². The van der Waals surface area contributed by atoms with E-state index in [9.17, 15) is 14.7 Å². The zero-order valence-corrected chi connectivity index (χ0v) is 21.1. The minimum absolute atomic E-state index is 0.153. The molecule has 4 rings (SSSR count). The normalized spacial score (nSPS) is 16.8. The first-order chi connectivity index (χ1) is 18.0. The van der Waals surface area contributed by atoms with Crippen LogP contribution in [0.4, 0.5) is 0 Å². The molecule has 0 radical (unpaired) electrons. The van der Waals surface area contributed by atoms with Crippen LogP contribution in [0, 0.1) is 5.92 Å².